The third kappa shape index (κ3) is 14.6. The van der Waals surface area contributed by atoms with Crippen LogP contribution in [0.1, 0.15) is 56.4 Å². The first-order valence-electron chi connectivity index (χ1n) is 6.81. The summed E-state index contributed by atoms with van der Waals surface area (Å²) in [6.07, 6.45) is 1.36. The van der Waals surface area contributed by atoms with Crippen molar-refractivity contribution in [2.45, 2.75) is 68.5 Å². The maximum atomic E-state index is 11.1. The maximum absolute atomic E-state index is 11.1. The van der Waals surface area contributed by atoms with Gasteiger partial charge in [0.25, 0.3) is 0 Å². The fraction of sp³-hybridized carbons (Fsp3) is 0.824. The lowest BCUT2D eigenvalue weighted by Gasteiger charge is -2.23. The van der Waals surface area contributed by atoms with E-state index < -0.39 is 23.5 Å². The van der Waals surface area contributed by atoms with Gasteiger partial charge in [-0.25, -0.2) is 9.59 Å². The Morgan fingerprint density at radius 2 is 1.28 bits per heavy atom. The number of nitrogens with two attached hydrogens (primary N) is 1. The first kappa shape index (κ1) is 34.8. The van der Waals surface area contributed by atoms with Crippen molar-refractivity contribution < 1.29 is 23.9 Å². The molecule has 8 heteroatoms. The number of isocyanates is 1. The number of methoxy groups -OCH3 is 2. The first-order chi connectivity index (χ1) is 9.82. The third-order valence-corrected chi connectivity index (χ3v) is 2.81. The number of halogens is 1. The minimum Gasteiger partial charge on any atom is -0.468 e. The molecule has 0 rings (SSSR count). The number of ether oxygens (including phenoxy) is 2. The molecule has 0 aliphatic rings. The van der Waals surface area contributed by atoms with Gasteiger partial charge in [0.15, 0.2) is 6.04 Å². The van der Waals surface area contributed by atoms with Crippen LogP contribution < -0.4 is 5.73 Å². The zero-order valence-corrected chi connectivity index (χ0v) is 15.9. The van der Waals surface area contributed by atoms with Gasteiger partial charge in [-0.15, -0.1) is 12.4 Å². The lowest BCUT2D eigenvalue weighted by molar-refractivity contribution is -0.145. The highest BCUT2D eigenvalue weighted by Crippen LogP contribution is 2.22. The van der Waals surface area contributed by atoms with Gasteiger partial charge in [0, 0.05) is 0 Å². The monoisotopic (exact) mass is 384 g/mol. The Bertz CT molecular complexity index is 422. The summed E-state index contributed by atoms with van der Waals surface area (Å²) in [5, 5.41) is 0. The SMILES string of the molecule is C.C.COC(=O)[C@@H](N)C(C)(C)C.COC(=O)[C@@H](N=C=O)C(C)(C)C.Cl. The largest absolute Gasteiger partial charge is 0.468 e. The van der Waals surface area contributed by atoms with Crippen LogP contribution in [-0.2, 0) is 23.9 Å². The van der Waals surface area contributed by atoms with E-state index in [1.165, 1.54) is 20.3 Å². The van der Waals surface area contributed by atoms with Crippen molar-refractivity contribution in [3.63, 3.8) is 0 Å². The number of nitrogens with zero attached hydrogens (tertiary/aromatic N) is 1. The predicted octanol–water partition coefficient (Wildman–Crippen LogP) is 3.14. The average Bonchev–Trinajstić information content (AvgIpc) is 2.40. The molecule has 0 saturated carbocycles. The molecule has 0 heterocycles. The summed E-state index contributed by atoms with van der Waals surface area (Å²) in [6.45, 7) is 11.1. The second kappa shape index (κ2) is 14.9. The maximum Gasteiger partial charge on any atom is 0.332 e. The van der Waals surface area contributed by atoms with Gasteiger partial charge < -0.3 is 15.2 Å². The molecule has 2 atom stereocenters. The molecule has 0 aromatic heterocycles. The molecular weight excluding hydrogens is 348 g/mol. The number of hydrogen-bond donors (Lipinski definition) is 1. The van der Waals surface area contributed by atoms with Crippen LogP contribution in [0.3, 0.4) is 0 Å². The molecule has 0 aliphatic carbocycles. The minimum absolute atomic E-state index is 0. The van der Waals surface area contributed by atoms with Crippen LogP contribution >= 0.6 is 12.4 Å². The molecular formula is C17H37ClN2O5. The van der Waals surface area contributed by atoms with Gasteiger partial charge in [-0.3, -0.25) is 4.79 Å². The van der Waals surface area contributed by atoms with Crippen LogP contribution in [0.25, 0.3) is 0 Å². The standard InChI is InChI=1S/C8H13NO3.C7H15NO2.2CH4.ClH/c1-8(2,3)6(9-5-10)7(11)12-4;1-7(2,3)5(8)6(9)10-4;;;/h6H,1-4H3;5H,8H2,1-4H3;2*1H4;1H/t6-;5-;;;/m11.../s1. The van der Waals surface area contributed by atoms with E-state index >= 15 is 0 Å². The van der Waals surface area contributed by atoms with Crippen molar-refractivity contribution in [3.05, 3.63) is 0 Å². The molecule has 25 heavy (non-hydrogen) atoms. The van der Waals surface area contributed by atoms with Gasteiger partial charge in [0.2, 0.25) is 6.08 Å². The van der Waals surface area contributed by atoms with Crippen LogP contribution in [-0.4, -0.2) is 44.3 Å². The molecule has 0 spiro atoms. The lowest BCUT2D eigenvalue weighted by Crippen LogP contribution is -2.42. The summed E-state index contributed by atoms with van der Waals surface area (Å²) in [5.41, 5.74) is 4.90. The van der Waals surface area contributed by atoms with Gasteiger partial charge in [0.1, 0.15) is 6.04 Å². The van der Waals surface area contributed by atoms with E-state index in [2.05, 4.69) is 14.5 Å². The summed E-state index contributed by atoms with van der Waals surface area (Å²) in [6, 6.07) is -1.29. The number of aliphatic imine (C=N–C) groups is 1. The quantitative estimate of drug-likeness (QED) is 0.455. The van der Waals surface area contributed by atoms with E-state index in [0.29, 0.717) is 0 Å². The molecule has 7 nitrogen and oxygen atoms in total. The fourth-order valence-corrected chi connectivity index (χ4v) is 1.24. The van der Waals surface area contributed by atoms with Crippen molar-refractivity contribution in [2.24, 2.45) is 21.6 Å². The van der Waals surface area contributed by atoms with Gasteiger partial charge in [-0.1, -0.05) is 56.4 Å². The molecule has 0 bridgehead atoms. The molecule has 0 fully saturated rings. The third-order valence-electron chi connectivity index (χ3n) is 2.81. The van der Waals surface area contributed by atoms with E-state index in [4.69, 9.17) is 5.73 Å². The second-order valence-electron chi connectivity index (χ2n) is 6.88. The summed E-state index contributed by atoms with van der Waals surface area (Å²) >= 11 is 0. The Hall–Kier alpha value is -1.43. The molecule has 0 aliphatic heterocycles. The molecule has 152 valence electrons. The highest BCUT2D eigenvalue weighted by molar-refractivity contribution is 5.85. The van der Waals surface area contributed by atoms with E-state index in [9.17, 15) is 14.4 Å². The summed E-state index contributed by atoms with van der Waals surface area (Å²) in [7, 11) is 2.61. The average molecular weight is 385 g/mol. The summed E-state index contributed by atoms with van der Waals surface area (Å²) in [5.74, 6) is -0.863. The first-order valence-corrected chi connectivity index (χ1v) is 6.81. The van der Waals surface area contributed by atoms with E-state index in [-0.39, 0.29) is 38.6 Å². The van der Waals surface area contributed by atoms with E-state index in [1.807, 2.05) is 20.8 Å². The summed E-state index contributed by atoms with van der Waals surface area (Å²) in [4.78, 5) is 35.2. The summed E-state index contributed by atoms with van der Waals surface area (Å²) < 4.78 is 8.95. The zero-order chi connectivity index (χ0) is 18.1. The Balaban J connectivity index is -0.0000000964. The molecule has 0 amide bonds. The fourth-order valence-electron chi connectivity index (χ4n) is 1.24. The molecule has 2 N–H and O–H groups in total. The highest BCUT2D eigenvalue weighted by atomic mass is 35.5. The molecule has 0 unspecified atom stereocenters. The number of esters is 2. The molecule has 0 saturated heterocycles. The van der Waals surface area contributed by atoms with Crippen molar-refractivity contribution in [1.29, 1.82) is 0 Å². The van der Waals surface area contributed by atoms with Gasteiger partial charge in [0.05, 0.1) is 14.2 Å². The minimum atomic E-state index is -0.764. The van der Waals surface area contributed by atoms with Crippen molar-refractivity contribution in [1.82, 2.24) is 0 Å². The zero-order valence-electron chi connectivity index (χ0n) is 15.1. The van der Waals surface area contributed by atoms with Crippen molar-refractivity contribution >= 4 is 30.4 Å². The predicted molar refractivity (Wildman–Crippen MR) is 104 cm³/mol. The molecule has 0 aromatic rings. The Morgan fingerprint density at radius 3 is 1.44 bits per heavy atom. The Labute approximate surface area is 159 Å². The smallest absolute Gasteiger partial charge is 0.332 e. The Morgan fingerprint density at radius 1 is 0.920 bits per heavy atom. The van der Waals surface area contributed by atoms with Gasteiger partial charge in [-0.2, -0.15) is 4.99 Å². The number of carbonyl (C=O) groups is 2. The van der Waals surface area contributed by atoms with Gasteiger partial charge in [-0.05, 0) is 10.8 Å². The van der Waals surface area contributed by atoms with Crippen LogP contribution in [0.2, 0.25) is 0 Å². The van der Waals surface area contributed by atoms with Crippen LogP contribution in [0.15, 0.2) is 4.99 Å². The molecule has 0 radical (unpaired) electrons. The van der Waals surface area contributed by atoms with Crippen molar-refractivity contribution in [3.8, 4) is 0 Å². The number of carbonyl (C=O) groups excluding carboxylic acids is 3. The molecule has 0 aromatic carbocycles. The highest BCUT2D eigenvalue weighted by Gasteiger charge is 2.32. The van der Waals surface area contributed by atoms with Gasteiger partial charge >= 0.3 is 11.9 Å². The lowest BCUT2D eigenvalue weighted by atomic mass is 9.87. The Kier molecular flexibility index (Phi) is 20.7. The van der Waals surface area contributed by atoms with Crippen LogP contribution in [0.5, 0.6) is 0 Å². The van der Waals surface area contributed by atoms with Crippen LogP contribution in [0.4, 0.5) is 0 Å². The normalized spacial score (nSPS) is 12.0. The second-order valence-corrected chi connectivity index (χ2v) is 6.88. The van der Waals surface area contributed by atoms with Crippen LogP contribution in [0, 0.1) is 10.8 Å². The van der Waals surface area contributed by atoms with E-state index in [1.54, 1.807) is 20.8 Å². The number of rotatable bonds is 3. The topological polar surface area (TPSA) is 108 Å². The van der Waals surface area contributed by atoms with E-state index in [0.717, 1.165) is 0 Å². The van der Waals surface area contributed by atoms with Crippen molar-refractivity contribution in [2.75, 3.05) is 14.2 Å². The number of hydrogen-bond acceptors (Lipinski definition) is 7.